The van der Waals surface area contributed by atoms with E-state index in [0.717, 1.165) is 11.0 Å². The number of hydrogen-bond acceptors (Lipinski definition) is 0. The number of hydrogen-bond donors (Lipinski definition) is 0. The molecule has 1 heterocycles. The fourth-order valence-corrected chi connectivity index (χ4v) is 2.62. The first-order chi connectivity index (χ1) is 6.22. The van der Waals surface area contributed by atoms with E-state index in [-0.39, 0.29) is 0 Å². The van der Waals surface area contributed by atoms with Gasteiger partial charge >= 0.3 is 0 Å². The molecule has 0 atom stereocenters. The molecule has 0 bridgehead atoms. The van der Waals surface area contributed by atoms with E-state index in [2.05, 4.69) is 74.4 Å². The third-order valence-corrected chi connectivity index (χ3v) is 3.49. The normalized spacial score (nSPS) is 11.0. The summed E-state index contributed by atoms with van der Waals surface area (Å²) in [5, 5.41) is 1.33. The van der Waals surface area contributed by atoms with E-state index < -0.39 is 0 Å². The molecule has 1 aromatic carbocycles. The van der Waals surface area contributed by atoms with Crippen molar-refractivity contribution in [3.8, 4) is 0 Å². The van der Waals surface area contributed by atoms with Gasteiger partial charge in [-0.05, 0) is 47.7 Å². The van der Waals surface area contributed by atoms with Gasteiger partial charge in [-0.3, -0.25) is 0 Å². The summed E-state index contributed by atoms with van der Waals surface area (Å²) in [5.41, 5.74) is 1.31. The predicted octanol–water partition coefficient (Wildman–Crippen LogP) is 4.03. The molecule has 13 heavy (non-hydrogen) atoms. The smallest absolute Gasteiger partial charge is 0.0492 e. The Hall–Kier alpha value is -0.0300. The lowest BCUT2D eigenvalue weighted by atomic mass is 10.2. The fraction of sp³-hybridized carbons (Fsp3) is 0.200. The van der Waals surface area contributed by atoms with Crippen LogP contribution in [0.4, 0.5) is 0 Å². The van der Waals surface area contributed by atoms with Crippen molar-refractivity contribution in [3.05, 3.63) is 32.4 Å². The number of benzene rings is 1. The maximum Gasteiger partial charge on any atom is 0.0492 e. The van der Waals surface area contributed by atoms with Gasteiger partial charge in [0.25, 0.3) is 0 Å². The molecule has 68 valence electrons. The summed E-state index contributed by atoms with van der Waals surface area (Å²) in [7, 11) is 0. The number of aromatic nitrogens is 1. The average molecular weight is 350 g/mol. The van der Waals surface area contributed by atoms with Gasteiger partial charge in [0, 0.05) is 31.7 Å². The largest absolute Gasteiger partial charge is 0.347 e. The van der Waals surface area contributed by atoms with Crippen LogP contribution in [0.2, 0.25) is 0 Å². The summed E-state index contributed by atoms with van der Waals surface area (Å²) in [6.45, 7) is 3.19. The SMILES string of the molecule is CCn1cc(I)c2cc(Br)ccc21. The molecule has 1 nitrogen and oxygen atoms in total. The molecule has 0 radical (unpaired) electrons. The Bertz CT molecular complexity index is 447. The van der Waals surface area contributed by atoms with Crippen molar-refractivity contribution >= 4 is 49.4 Å². The van der Waals surface area contributed by atoms with E-state index in [0.29, 0.717) is 0 Å². The van der Waals surface area contributed by atoms with Crippen molar-refractivity contribution < 1.29 is 0 Å². The van der Waals surface area contributed by atoms with Gasteiger partial charge in [-0.25, -0.2) is 0 Å². The molecule has 2 rings (SSSR count). The molecule has 0 aliphatic heterocycles. The number of aryl methyl sites for hydroxylation is 1. The van der Waals surface area contributed by atoms with Gasteiger partial charge in [-0.1, -0.05) is 15.9 Å². The zero-order valence-electron chi connectivity index (χ0n) is 7.22. The van der Waals surface area contributed by atoms with Gasteiger partial charge in [0.2, 0.25) is 0 Å². The topological polar surface area (TPSA) is 4.93 Å². The molecule has 0 fully saturated rings. The minimum absolute atomic E-state index is 1.03. The van der Waals surface area contributed by atoms with Gasteiger partial charge in [0.05, 0.1) is 0 Å². The van der Waals surface area contributed by atoms with Crippen LogP contribution in [-0.4, -0.2) is 4.57 Å². The number of fused-ring (bicyclic) bond motifs is 1. The molecule has 0 saturated heterocycles. The molecule has 3 heteroatoms. The van der Waals surface area contributed by atoms with Crippen LogP contribution in [-0.2, 0) is 6.54 Å². The van der Waals surface area contributed by atoms with Crippen molar-refractivity contribution in [2.45, 2.75) is 13.5 Å². The lowest BCUT2D eigenvalue weighted by Crippen LogP contribution is -1.89. The highest BCUT2D eigenvalue weighted by atomic mass is 127. The first-order valence-electron chi connectivity index (χ1n) is 4.16. The summed E-state index contributed by atoms with van der Waals surface area (Å²) in [5.74, 6) is 0. The maximum absolute atomic E-state index is 3.49. The van der Waals surface area contributed by atoms with E-state index in [9.17, 15) is 0 Å². The van der Waals surface area contributed by atoms with Crippen LogP contribution in [0.3, 0.4) is 0 Å². The number of rotatable bonds is 1. The summed E-state index contributed by atoms with van der Waals surface area (Å²) < 4.78 is 4.73. The molecule has 0 spiro atoms. The zero-order valence-corrected chi connectivity index (χ0v) is 11.0. The van der Waals surface area contributed by atoms with Crippen LogP contribution in [0.25, 0.3) is 10.9 Å². The highest BCUT2D eigenvalue weighted by Crippen LogP contribution is 2.26. The molecular formula is C10H9BrIN. The lowest BCUT2D eigenvalue weighted by molar-refractivity contribution is 0.796. The van der Waals surface area contributed by atoms with Gasteiger partial charge < -0.3 is 4.57 Å². The standard InChI is InChI=1S/C10H9BrIN/c1-2-13-6-9(12)8-5-7(11)3-4-10(8)13/h3-6H,2H2,1H3. The second-order valence-corrected chi connectivity index (χ2v) is 5.00. The molecule has 2 aromatic rings. The highest BCUT2D eigenvalue weighted by molar-refractivity contribution is 14.1. The third-order valence-electron chi connectivity index (χ3n) is 2.14. The Labute approximate surface area is 99.4 Å². The van der Waals surface area contributed by atoms with Crippen LogP contribution < -0.4 is 0 Å². The molecule has 1 aromatic heterocycles. The molecule has 0 aliphatic rings. The predicted molar refractivity (Wildman–Crippen MR) is 68.0 cm³/mol. The zero-order chi connectivity index (χ0) is 9.42. The Morgan fingerprint density at radius 3 is 2.92 bits per heavy atom. The van der Waals surface area contributed by atoms with Crippen molar-refractivity contribution in [1.82, 2.24) is 4.57 Å². The van der Waals surface area contributed by atoms with E-state index in [4.69, 9.17) is 0 Å². The van der Waals surface area contributed by atoms with E-state index >= 15 is 0 Å². The van der Waals surface area contributed by atoms with E-state index in [1.165, 1.54) is 14.5 Å². The van der Waals surface area contributed by atoms with Crippen LogP contribution in [0.15, 0.2) is 28.9 Å². The van der Waals surface area contributed by atoms with Crippen molar-refractivity contribution in [2.75, 3.05) is 0 Å². The quantitative estimate of drug-likeness (QED) is 0.685. The van der Waals surface area contributed by atoms with Gasteiger partial charge in [0.15, 0.2) is 0 Å². The lowest BCUT2D eigenvalue weighted by Gasteiger charge is -1.99. The highest BCUT2D eigenvalue weighted by Gasteiger charge is 2.04. The van der Waals surface area contributed by atoms with E-state index in [1.54, 1.807) is 0 Å². The summed E-state index contributed by atoms with van der Waals surface area (Å²) in [4.78, 5) is 0. The van der Waals surface area contributed by atoms with Crippen molar-refractivity contribution in [2.24, 2.45) is 0 Å². The summed E-state index contributed by atoms with van der Waals surface area (Å²) >= 11 is 5.86. The van der Waals surface area contributed by atoms with Crippen molar-refractivity contribution in [1.29, 1.82) is 0 Å². The summed E-state index contributed by atoms with van der Waals surface area (Å²) in [6, 6.07) is 6.42. The second kappa shape index (κ2) is 3.61. The minimum Gasteiger partial charge on any atom is -0.347 e. The van der Waals surface area contributed by atoms with Gasteiger partial charge in [-0.2, -0.15) is 0 Å². The minimum atomic E-state index is 1.03. The monoisotopic (exact) mass is 349 g/mol. The van der Waals surface area contributed by atoms with Crippen LogP contribution >= 0.6 is 38.5 Å². The Balaban J connectivity index is 2.80. The first kappa shape index (κ1) is 9.52. The third kappa shape index (κ3) is 1.64. The van der Waals surface area contributed by atoms with Crippen molar-refractivity contribution in [3.63, 3.8) is 0 Å². The Morgan fingerprint density at radius 1 is 1.46 bits per heavy atom. The molecule has 0 amide bonds. The molecule has 0 unspecified atom stereocenters. The fourth-order valence-electron chi connectivity index (χ4n) is 1.49. The molecule has 0 saturated carbocycles. The van der Waals surface area contributed by atoms with E-state index in [1.807, 2.05) is 0 Å². The van der Waals surface area contributed by atoms with Gasteiger partial charge in [0.1, 0.15) is 0 Å². The maximum atomic E-state index is 3.49. The first-order valence-corrected chi connectivity index (χ1v) is 6.03. The second-order valence-electron chi connectivity index (χ2n) is 2.92. The number of halogens is 2. The number of nitrogens with zero attached hydrogens (tertiary/aromatic N) is 1. The van der Waals surface area contributed by atoms with Crippen LogP contribution in [0, 0.1) is 3.57 Å². The molecule has 0 N–H and O–H groups in total. The molecule has 0 aliphatic carbocycles. The van der Waals surface area contributed by atoms with Crippen LogP contribution in [0.5, 0.6) is 0 Å². The molecular weight excluding hydrogens is 341 g/mol. The Morgan fingerprint density at radius 2 is 2.23 bits per heavy atom. The average Bonchev–Trinajstić information content (AvgIpc) is 2.43. The van der Waals surface area contributed by atoms with Crippen LogP contribution in [0.1, 0.15) is 6.92 Å². The summed E-state index contributed by atoms with van der Waals surface area (Å²) in [6.07, 6.45) is 2.19. The van der Waals surface area contributed by atoms with Gasteiger partial charge in [-0.15, -0.1) is 0 Å². The Kier molecular flexibility index (Phi) is 2.65.